The molecule has 0 fully saturated rings. The maximum atomic E-state index is 13.6. The highest BCUT2D eigenvalue weighted by Gasteiger charge is 2.30. The molecule has 28 heavy (non-hydrogen) atoms. The highest BCUT2D eigenvalue weighted by Crippen LogP contribution is 2.30. The molecule has 2 rings (SSSR count). The van der Waals surface area contributed by atoms with Crippen molar-refractivity contribution in [3.8, 4) is 0 Å². The quantitative estimate of drug-likeness (QED) is 0.302. The average Bonchev–Trinajstić information content (AvgIpc) is 2.63. The van der Waals surface area contributed by atoms with E-state index < -0.39 is 64.2 Å². The summed E-state index contributed by atoms with van der Waals surface area (Å²) < 4.78 is 93.3. The molecule has 0 atom stereocenters. The Morgan fingerprint density at radius 3 is 2.00 bits per heavy atom. The van der Waals surface area contributed by atoms with Crippen LogP contribution in [0.15, 0.2) is 23.1 Å². The van der Waals surface area contributed by atoms with E-state index in [-0.39, 0.29) is 10.6 Å². The molecule has 0 spiro atoms. The molecule has 0 aromatic heterocycles. The predicted molar refractivity (Wildman–Crippen MR) is 88.9 cm³/mol. The second-order valence-electron chi connectivity index (χ2n) is 6.48. The lowest BCUT2D eigenvalue weighted by Crippen LogP contribution is -2.38. The Hall–Kier alpha value is -2.23. The molecule has 0 aliphatic carbocycles. The number of hydrogen-bond donors (Lipinski definition) is 1. The van der Waals surface area contributed by atoms with Crippen LogP contribution in [0.5, 0.6) is 0 Å². The van der Waals surface area contributed by atoms with E-state index in [0.29, 0.717) is 6.07 Å². The highest BCUT2D eigenvalue weighted by molar-refractivity contribution is 7.99. The first-order chi connectivity index (χ1) is 13.0. The van der Waals surface area contributed by atoms with Crippen molar-refractivity contribution in [3.63, 3.8) is 0 Å². The van der Waals surface area contributed by atoms with Gasteiger partial charge in [0.05, 0.1) is 5.41 Å². The molecular weight excluding hydrogens is 411 g/mol. The fourth-order valence-corrected chi connectivity index (χ4v) is 3.14. The van der Waals surface area contributed by atoms with Gasteiger partial charge in [0.1, 0.15) is 11.6 Å². The average molecular weight is 425 g/mol. The van der Waals surface area contributed by atoms with Crippen LogP contribution in [-0.4, -0.2) is 11.7 Å². The van der Waals surface area contributed by atoms with Gasteiger partial charge in [-0.25, -0.2) is 30.7 Å². The minimum atomic E-state index is -2.29. The Labute approximate surface area is 160 Å². The molecule has 0 saturated heterocycles. The predicted octanol–water partition coefficient (Wildman–Crippen LogP) is 5.10. The molecule has 10 heteroatoms. The lowest BCUT2D eigenvalue weighted by atomic mass is 9.95. The molecule has 0 radical (unpaired) electrons. The summed E-state index contributed by atoms with van der Waals surface area (Å²) in [5, 5.41) is 2.11. The van der Waals surface area contributed by atoms with Crippen molar-refractivity contribution in [3.05, 3.63) is 64.5 Å². The van der Waals surface area contributed by atoms with E-state index in [9.17, 15) is 35.5 Å². The minimum Gasteiger partial charge on any atom is -0.351 e. The summed E-state index contributed by atoms with van der Waals surface area (Å²) in [6.07, 6.45) is 0. The number of rotatable bonds is 6. The van der Waals surface area contributed by atoms with Crippen LogP contribution in [0.25, 0.3) is 0 Å². The number of carbonyl (C=O) groups is 1. The lowest BCUT2D eigenvalue weighted by Gasteiger charge is -2.23. The molecule has 2 aromatic rings. The fraction of sp³-hybridized carbons (Fsp3) is 0.278. The molecule has 0 bridgehead atoms. The fourth-order valence-electron chi connectivity index (χ4n) is 2.13. The number of nitrogens with one attached hydrogen (secondary N) is 1. The van der Waals surface area contributed by atoms with Crippen molar-refractivity contribution in [1.29, 1.82) is 0 Å². The van der Waals surface area contributed by atoms with E-state index in [0.717, 1.165) is 17.8 Å². The van der Waals surface area contributed by atoms with Gasteiger partial charge >= 0.3 is 0 Å². The van der Waals surface area contributed by atoms with Crippen molar-refractivity contribution in [1.82, 2.24) is 5.32 Å². The first kappa shape index (κ1) is 22.1. The number of thioether (sulfide) groups is 1. The van der Waals surface area contributed by atoms with Gasteiger partial charge < -0.3 is 5.32 Å². The Morgan fingerprint density at radius 2 is 1.46 bits per heavy atom. The van der Waals surface area contributed by atoms with Gasteiger partial charge in [-0.05, 0) is 12.1 Å². The van der Waals surface area contributed by atoms with Gasteiger partial charge in [0.2, 0.25) is 11.7 Å². The molecule has 0 saturated carbocycles. The molecule has 2 aromatic carbocycles. The van der Waals surface area contributed by atoms with E-state index >= 15 is 0 Å². The summed E-state index contributed by atoms with van der Waals surface area (Å²) in [6, 6.07) is 2.92. The Bertz CT molecular complexity index is 888. The lowest BCUT2D eigenvalue weighted by molar-refractivity contribution is -0.128. The van der Waals surface area contributed by atoms with E-state index in [2.05, 4.69) is 5.32 Å². The third kappa shape index (κ3) is 4.60. The largest absolute Gasteiger partial charge is 0.351 e. The first-order valence-corrected chi connectivity index (χ1v) is 8.80. The number of carbonyl (C=O) groups excluding carboxylic acids is 1. The first-order valence-electron chi connectivity index (χ1n) is 7.82. The summed E-state index contributed by atoms with van der Waals surface area (Å²) in [5.74, 6) is -12.9. The van der Waals surface area contributed by atoms with Crippen molar-refractivity contribution in [2.45, 2.75) is 25.3 Å². The third-order valence-electron chi connectivity index (χ3n) is 3.82. The second-order valence-corrected chi connectivity index (χ2v) is 7.50. The highest BCUT2D eigenvalue weighted by atomic mass is 32.2. The second kappa shape index (κ2) is 8.42. The Morgan fingerprint density at radius 1 is 0.929 bits per heavy atom. The van der Waals surface area contributed by atoms with Crippen LogP contribution in [0.4, 0.5) is 30.7 Å². The maximum Gasteiger partial charge on any atom is 0.226 e. The van der Waals surface area contributed by atoms with Gasteiger partial charge in [-0.3, -0.25) is 4.79 Å². The molecular formula is C18H14F7NOS. The van der Waals surface area contributed by atoms with Gasteiger partial charge in [0, 0.05) is 28.8 Å². The number of benzene rings is 2. The van der Waals surface area contributed by atoms with E-state index in [1.165, 1.54) is 19.9 Å². The van der Waals surface area contributed by atoms with E-state index in [4.69, 9.17) is 0 Å². The van der Waals surface area contributed by atoms with Gasteiger partial charge in [-0.2, -0.15) is 0 Å². The summed E-state index contributed by atoms with van der Waals surface area (Å²) in [4.78, 5) is 12.4. The molecule has 0 aliphatic rings. The monoisotopic (exact) mass is 425 g/mol. The van der Waals surface area contributed by atoms with Gasteiger partial charge in [-0.15, -0.1) is 11.8 Å². The van der Waals surface area contributed by atoms with Gasteiger partial charge in [0.25, 0.3) is 0 Å². The molecule has 1 N–H and O–H groups in total. The standard InChI is InChI=1S/C18H14F7NOS/c1-18(2,7-28-11-4-3-8(19)5-10(11)20)17(27)26-6-9-12(21)14(23)16(25)15(24)13(9)22/h3-5H,6-7H2,1-2H3,(H,26,27). The third-order valence-corrected chi connectivity index (χ3v) is 5.33. The zero-order valence-corrected chi connectivity index (χ0v) is 15.4. The van der Waals surface area contributed by atoms with E-state index in [1.54, 1.807) is 0 Å². The van der Waals surface area contributed by atoms with Crippen molar-refractivity contribution in [2.75, 3.05) is 5.75 Å². The Kier molecular flexibility index (Phi) is 6.63. The number of amides is 1. The zero-order valence-electron chi connectivity index (χ0n) is 14.6. The summed E-state index contributed by atoms with van der Waals surface area (Å²) >= 11 is 0.906. The SMILES string of the molecule is CC(C)(CSc1ccc(F)cc1F)C(=O)NCc1c(F)c(F)c(F)c(F)c1F. The van der Waals surface area contributed by atoms with Crippen LogP contribution in [-0.2, 0) is 11.3 Å². The topological polar surface area (TPSA) is 29.1 Å². The van der Waals surface area contributed by atoms with Gasteiger partial charge in [-0.1, -0.05) is 13.8 Å². The maximum absolute atomic E-state index is 13.6. The number of halogens is 7. The molecule has 2 nitrogen and oxygen atoms in total. The van der Waals surface area contributed by atoms with Gasteiger partial charge in [0.15, 0.2) is 23.3 Å². The van der Waals surface area contributed by atoms with Crippen molar-refractivity contribution >= 4 is 17.7 Å². The van der Waals surface area contributed by atoms with Crippen LogP contribution >= 0.6 is 11.8 Å². The molecule has 0 unspecified atom stereocenters. The summed E-state index contributed by atoms with van der Waals surface area (Å²) in [6.45, 7) is 1.95. The summed E-state index contributed by atoms with van der Waals surface area (Å²) in [7, 11) is 0. The zero-order chi connectivity index (χ0) is 21.2. The Balaban J connectivity index is 2.08. The van der Waals surface area contributed by atoms with Crippen LogP contribution in [0.3, 0.4) is 0 Å². The van der Waals surface area contributed by atoms with Crippen molar-refractivity contribution < 1.29 is 35.5 Å². The molecule has 0 aliphatic heterocycles. The van der Waals surface area contributed by atoms with Crippen LogP contribution in [0, 0.1) is 46.1 Å². The van der Waals surface area contributed by atoms with E-state index in [1.807, 2.05) is 0 Å². The normalized spacial score (nSPS) is 11.6. The van der Waals surface area contributed by atoms with Crippen molar-refractivity contribution in [2.24, 2.45) is 5.41 Å². The smallest absolute Gasteiger partial charge is 0.226 e. The number of hydrogen-bond acceptors (Lipinski definition) is 2. The van der Waals surface area contributed by atoms with Crippen LogP contribution in [0.1, 0.15) is 19.4 Å². The molecule has 1 amide bonds. The van der Waals surface area contributed by atoms with Crippen LogP contribution < -0.4 is 5.32 Å². The van der Waals surface area contributed by atoms with Crippen LogP contribution in [0.2, 0.25) is 0 Å². The molecule has 152 valence electrons. The molecule has 0 heterocycles. The minimum absolute atomic E-state index is 0.00150. The summed E-state index contributed by atoms with van der Waals surface area (Å²) in [5.41, 5.74) is -2.37.